The molecule has 0 saturated carbocycles. The molecule has 0 bridgehead atoms. The van der Waals surface area contributed by atoms with Gasteiger partial charge in [0.25, 0.3) is 0 Å². The zero-order valence-electron chi connectivity index (χ0n) is 19.6. The first-order valence-electron chi connectivity index (χ1n) is 11.5. The van der Waals surface area contributed by atoms with Crippen molar-refractivity contribution >= 4 is 10.9 Å². The van der Waals surface area contributed by atoms with Crippen LogP contribution in [-0.4, -0.2) is 43.1 Å². The molecule has 6 heteroatoms. The first kappa shape index (κ1) is 23.7. The summed E-state index contributed by atoms with van der Waals surface area (Å²) >= 11 is 0. The van der Waals surface area contributed by atoms with Crippen molar-refractivity contribution in [2.24, 2.45) is 5.73 Å². The normalized spacial score (nSPS) is 13.1. The van der Waals surface area contributed by atoms with Crippen molar-refractivity contribution in [2.75, 3.05) is 20.8 Å². The van der Waals surface area contributed by atoms with Gasteiger partial charge in [-0.3, -0.25) is 0 Å². The van der Waals surface area contributed by atoms with Crippen molar-refractivity contribution in [2.45, 2.75) is 30.9 Å². The lowest BCUT2D eigenvalue weighted by Crippen LogP contribution is -2.39. The molecule has 0 amide bonds. The van der Waals surface area contributed by atoms with Gasteiger partial charge in [0.15, 0.2) is 0 Å². The molecule has 0 aliphatic rings. The topological polar surface area (TPSA) is 89.7 Å². The van der Waals surface area contributed by atoms with Gasteiger partial charge in [-0.1, -0.05) is 30.3 Å². The zero-order chi connectivity index (χ0) is 23.9. The number of nitrogens with two attached hydrogens (primary N) is 1. The molecule has 0 radical (unpaired) electrons. The molecule has 4 aromatic rings. The maximum absolute atomic E-state index is 10.7. The minimum absolute atomic E-state index is 0.129. The third-order valence-electron chi connectivity index (χ3n) is 6.28. The predicted octanol–water partition coefficient (Wildman–Crippen LogP) is 4.86. The molecule has 6 nitrogen and oxygen atoms in total. The van der Waals surface area contributed by atoms with Gasteiger partial charge in [-0.05, 0) is 66.4 Å². The third-order valence-corrected chi connectivity index (χ3v) is 6.28. The van der Waals surface area contributed by atoms with Crippen LogP contribution in [0.4, 0.5) is 0 Å². The summed E-state index contributed by atoms with van der Waals surface area (Å²) in [5, 5.41) is 11.7. The van der Waals surface area contributed by atoms with Crippen LogP contribution < -0.4 is 19.9 Å². The predicted molar refractivity (Wildman–Crippen MR) is 135 cm³/mol. The Morgan fingerprint density at radius 3 is 2.03 bits per heavy atom. The summed E-state index contributed by atoms with van der Waals surface area (Å²) in [6.45, 7) is 0.140. The monoisotopic (exact) mass is 460 g/mol. The van der Waals surface area contributed by atoms with Gasteiger partial charge in [0.1, 0.15) is 30.0 Å². The number of aromatic nitrogens is 1. The first-order valence-corrected chi connectivity index (χ1v) is 11.5. The van der Waals surface area contributed by atoms with Crippen molar-refractivity contribution in [3.8, 4) is 17.2 Å². The fourth-order valence-electron chi connectivity index (χ4n) is 4.23. The van der Waals surface area contributed by atoms with Gasteiger partial charge < -0.3 is 30.0 Å². The van der Waals surface area contributed by atoms with Gasteiger partial charge in [-0.15, -0.1) is 0 Å². The highest BCUT2D eigenvalue weighted by Gasteiger charge is 2.21. The quantitative estimate of drug-likeness (QED) is 0.297. The second-order valence-electron chi connectivity index (χ2n) is 8.41. The molecular weight excluding hydrogens is 428 g/mol. The van der Waals surface area contributed by atoms with E-state index >= 15 is 0 Å². The van der Waals surface area contributed by atoms with E-state index in [-0.39, 0.29) is 12.5 Å². The Labute approximate surface area is 200 Å². The Balaban J connectivity index is 1.42. The van der Waals surface area contributed by atoms with Crippen LogP contribution in [-0.2, 0) is 0 Å². The van der Waals surface area contributed by atoms with Gasteiger partial charge in [-0.2, -0.15) is 0 Å². The maximum Gasteiger partial charge on any atom is 0.128 e. The SMILES string of the molecule is COc1ccc(C(CCC(N)[C@H](O)COc2cccc3[nH]ccc23)c2ccc(OC)cc2)cc1. The average Bonchev–Trinajstić information content (AvgIpc) is 3.37. The number of aromatic amines is 1. The lowest BCUT2D eigenvalue weighted by Gasteiger charge is -2.24. The van der Waals surface area contributed by atoms with Crippen LogP contribution >= 0.6 is 0 Å². The summed E-state index contributed by atoms with van der Waals surface area (Å²) in [5.41, 5.74) is 9.73. The van der Waals surface area contributed by atoms with Gasteiger partial charge >= 0.3 is 0 Å². The minimum Gasteiger partial charge on any atom is -0.497 e. The second-order valence-corrected chi connectivity index (χ2v) is 8.41. The number of rotatable bonds is 11. The second kappa shape index (κ2) is 11.1. The number of nitrogens with one attached hydrogen (secondary N) is 1. The molecule has 1 heterocycles. The van der Waals surface area contributed by atoms with Crippen LogP contribution in [0.25, 0.3) is 10.9 Å². The van der Waals surface area contributed by atoms with Gasteiger partial charge in [-0.25, -0.2) is 0 Å². The maximum atomic E-state index is 10.7. The van der Waals surface area contributed by atoms with E-state index in [4.69, 9.17) is 19.9 Å². The number of ether oxygens (including phenoxy) is 3. The van der Waals surface area contributed by atoms with E-state index < -0.39 is 12.1 Å². The first-order chi connectivity index (χ1) is 16.6. The smallest absolute Gasteiger partial charge is 0.128 e. The number of H-pyrrole nitrogens is 1. The summed E-state index contributed by atoms with van der Waals surface area (Å²) in [6, 6.07) is 23.6. The molecule has 4 N–H and O–H groups in total. The molecule has 0 fully saturated rings. The molecule has 1 aromatic heterocycles. The molecule has 0 aliphatic heterocycles. The van der Waals surface area contributed by atoms with Crippen LogP contribution in [0.5, 0.6) is 17.2 Å². The fourth-order valence-corrected chi connectivity index (χ4v) is 4.23. The Bertz CT molecular complexity index is 1120. The number of methoxy groups -OCH3 is 2. The number of aliphatic hydroxyl groups is 1. The van der Waals surface area contributed by atoms with Crippen molar-refractivity contribution in [3.63, 3.8) is 0 Å². The van der Waals surface area contributed by atoms with E-state index in [0.29, 0.717) is 6.42 Å². The summed E-state index contributed by atoms with van der Waals surface area (Å²) in [5.74, 6) is 2.50. The molecule has 178 valence electrons. The van der Waals surface area contributed by atoms with E-state index in [9.17, 15) is 5.11 Å². The molecule has 0 aliphatic carbocycles. The molecule has 4 rings (SSSR count). The summed E-state index contributed by atoms with van der Waals surface area (Å²) in [4.78, 5) is 3.17. The molecule has 3 aromatic carbocycles. The number of fused-ring (bicyclic) bond motifs is 1. The van der Waals surface area contributed by atoms with Gasteiger partial charge in [0, 0.05) is 29.1 Å². The van der Waals surface area contributed by atoms with E-state index in [2.05, 4.69) is 29.2 Å². The number of aliphatic hydroxyl groups excluding tert-OH is 1. The van der Waals surface area contributed by atoms with Crippen LogP contribution in [0.3, 0.4) is 0 Å². The lowest BCUT2D eigenvalue weighted by atomic mass is 9.85. The van der Waals surface area contributed by atoms with Crippen molar-refractivity contribution in [3.05, 3.63) is 90.1 Å². The Kier molecular flexibility index (Phi) is 7.72. The van der Waals surface area contributed by atoms with Crippen LogP contribution in [0.2, 0.25) is 0 Å². The molecular formula is C28H32N2O4. The minimum atomic E-state index is -0.776. The van der Waals surface area contributed by atoms with Gasteiger partial charge in [0.2, 0.25) is 0 Å². The van der Waals surface area contributed by atoms with E-state index in [0.717, 1.165) is 34.6 Å². The van der Waals surface area contributed by atoms with Crippen LogP contribution in [0.1, 0.15) is 29.9 Å². The lowest BCUT2D eigenvalue weighted by molar-refractivity contribution is 0.0823. The Morgan fingerprint density at radius 2 is 1.44 bits per heavy atom. The third kappa shape index (κ3) is 5.53. The summed E-state index contributed by atoms with van der Waals surface area (Å²) in [6.07, 6.45) is 2.52. The van der Waals surface area contributed by atoms with E-state index in [1.54, 1.807) is 14.2 Å². The number of hydrogen-bond acceptors (Lipinski definition) is 5. The standard InChI is InChI=1S/C28H32N2O4/c1-32-21-10-6-19(7-11-21)23(20-8-12-22(33-2)13-9-20)14-15-25(29)27(31)18-34-28-5-3-4-26-24(28)16-17-30-26/h3-13,16-17,23,25,27,30-31H,14-15,18,29H2,1-2H3/t25?,27-/m1/s1. The Morgan fingerprint density at radius 1 is 0.824 bits per heavy atom. The molecule has 0 saturated heterocycles. The largest absolute Gasteiger partial charge is 0.497 e. The van der Waals surface area contributed by atoms with E-state index in [1.165, 1.54) is 11.1 Å². The van der Waals surface area contributed by atoms with Crippen LogP contribution in [0, 0.1) is 0 Å². The fraction of sp³-hybridized carbons (Fsp3) is 0.286. The van der Waals surface area contributed by atoms with E-state index in [1.807, 2.05) is 54.7 Å². The number of benzene rings is 3. The van der Waals surface area contributed by atoms with Crippen molar-refractivity contribution < 1.29 is 19.3 Å². The van der Waals surface area contributed by atoms with Gasteiger partial charge in [0.05, 0.1) is 14.2 Å². The highest BCUT2D eigenvalue weighted by atomic mass is 16.5. The molecule has 1 unspecified atom stereocenters. The zero-order valence-corrected chi connectivity index (χ0v) is 19.6. The summed E-state index contributed by atoms with van der Waals surface area (Å²) in [7, 11) is 3.32. The number of hydrogen-bond donors (Lipinski definition) is 3. The molecule has 2 atom stereocenters. The van der Waals surface area contributed by atoms with Crippen molar-refractivity contribution in [1.29, 1.82) is 0 Å². The van der Waals surface area contributed by atoms with Crippen LogP contribution in [0.15, 0.2) is 79.0 Å². The highest BCUT2D eigenvalue weighted by molar-refractivity contribution is 5.85. The molecule has 0 spiro atoms. The molecule has 34 heavy (non-hydrogen) atoms. The highest BCUT2D eigenvalue weighted by Crippen LogP contribution is 2.32. The average molecular weight is 461 g/mol. The van der Waals surface area contributed by atoms with Crippen molar-refractivity contribution in [1.82, 2.24) is 4.98 Å². The summed E-state index contributed by atoms with van der Waals surface area (Å²) < 4.78 is 16.5. The Hall–Kier alpha value is -3.48.